The molecule has 298 valence electrons. The largest absolute Gasteiger partial charge is 0.310 e. The van der Waals surface area contributed by atoms with Crippen LogP contribution in [0.25, 0.3) is 70.9 Å². The third kappa shape index (κ3) is 4.99. The molecule has 0 bridgehead atoms. The van der Waals surface area contributed by atoms with Crippen LogP contribution in [0.2, 0.25) is 0 Å². The van der Waals surface area contributed by atoms with Crippen LogP contribution in [-0.4, -0.2) is 4.57 Å². The molecule has 0 N–H and O–H groups in total. The summed E-state index contributed by atoms with van der Waals surface area (Å²) in [7, 11) is 0. The lowest BCUT2D eigenvalue weighted by atomic mass is 9.59. The summed E-state index contributed by atoms with van der Waals surface area (Å²) in [6, 6.07) is 86.2. The first-order chi connectivity index (χ1) is 31.7. The van der Waals surface area contributed by atoms with Crippen molar-refractivity contribution in [1.29, 1.82) is 0 Å². The Morgan fingerprint density at radius 2 is 0.922 bits per heavy atom. The van der Waals surface area contributed by atoms with Crippen molar-refractivity contribution < 1.29 is 0 Å². The summed E-state index contributed by atoms with van der Waals surface area (Å²) in [6.45, 7) is 0. The van der Waals surface area contributed by atoms with Crippen molar-refractivity contribution in [3.63, 3.8) is 0 Å². The SMILES string of the molecule is c1ccc2c(c1)Sc1ccc(N(c3ccc4ccccc4c3)c3ccc4c5ccccc5n(-c5ccc6ccccc6c5)c4c3)cc1C21c2ccccc2-c2cccc3cccc1c23. The molecule has 0 amide bonds. The molecule has 0 saturated carbocycles. The Morgan fingerprint density at radius 1 is 0.344 bits per heavy atom. The number of nitrogens with zero attached hydrogens (tertiary/aromatic N) is 2. The van der Waals surface area contributed by atoms with Gasteiger partial charge in [0.1, 0.15) is 0 Å². The zero-order chi connectivity index (χ0) is 41.9. The predicted octanol–water partition coefficient (Wildman–Crippen LogP) is 16.5. The fraction of sp³-hybridized carbons (Fsp3) is 0.0164. The second-order valence-electron chi connectivity index (χ2n) is 17.2. The molecule has 1 aliphatic heterocycles. The van der Waals surface area contributed by atoms with Gasteiger partial charge < -0.3 is 9.47 Å². The molecule has 1 aliphatic carbocycles. The van der Waals surface area contributed by atoms with Crippen LogP contribution >= 0.6 is 11.8 Å². The summed E-state index contributed by atoms with van der Waals surface area (Å²) in [5.74, 6) is 0. The molecule has 11 aromatic carbocycles. The van der Waals surface area contributed by atoms with Crippen molar-refractivity contribution >= 4 is 82.9 Å². The van der Waals surface area contributed by atoms with Gasteiger partial charge in [-0.25, -0.2) is 0 Å². The number of fused-ring (bicyclic) bond motifs is 13. The predicted molar refractivity (Wildman–Crippen MR) is 269 cm³/mol. The van der Waals surface area contributed by atoms with Crippen LogP contribution in [0, 0.1) is 0 Å². The summed E-state index contributed by atoms with van der Waals surface area (Å²) in [5, 5.41) is 9.97. The van der Waals surface area contributed by atoms with Gasteiger partial charge in [0.05, 0.1) is 16.4 Å². The number of hydrogen-bond acceptors (Lipinski definition) is 2. The Bertz CT molecular complexity index is 3910. The first kappa shape index (κ1) is 35.7. The smallest absolute Gasteiger partial charge is 0.0736 e. The number of anilines is 3. The average Bonchev–Trinajstić information content (AvgIpc) is 3.69. The van der Waals surface area contributed by atoms with Gasteiger partial charge in [0.15, 0.2) is 0 Å². The molecule has 2 heterocycles. The van der Waals surface area contributed by atoms with Crippen molar-refractivity contribution in [3.05, 3.63) is 253 Å². The normalized spacial score (nSPS) is 14.9. The molecule has 14 rings (SSSR count). The fourth-order valence-electron chi connectivity index (χ4n) is 11.3. The minimum atomic E-state index is -0.556. The van der Waals surface area contributed by atoms with E-state index in [0.717, 1.165) is 22.7 Å². The molecular formula is C61H38N2S. The van der Waals surface area contributed by atoms with Gasteiger partial charge in [0.2, 0.25) is 0 Å². The van der Waals surface area contributed by atoms with E-state index in [1.54, 1.807) is 0 Å². The quantitative estimate of drug-likeness (QED) is 0.175. The molecule has 1 atom stereocenters. The lowest BCUT2D eigenvalue weighted by Gasteiger charge is -2.46. The highest BCUT2D eigenvalue weighted by Crippen LogP contribution is 2.62. The summed E-state index contributed by atoms with van der Waals surface area (Å²) in [5.41, 5.74) is 14.2. The molecule has 1 unspecified atom stereocenters. The van der Waals surface area contributed by atoms with Crippen LogP contribution in [0.4, 0.5) is 17.1 Å². The molecule has 0 radical (unpaired) electrons. The monoisotopic (exact) mass is 830 g/mol. The second-order valence-corrected chi connectivity index (χ2v) is 18.3. The Labute approximate surface area is 375 Å². The summed E-state index contributed by atoms with van der Waals surface area (Å²) in [4.78, 5) is 5.06. The number of rotatable bonds is 4. The van der Waals surface area contributed by atoms with Crippen LogP contribution < -0.4 is 4.90 Å². The maximum Gasteiger partial charge on any atom is 0.0736 e. The molecule has 2 aliphatic rings. The zero-order valence-corrected chi connectivity index (χ0v) is 35.6. The van der Waals surface area contributed by atoms with E-state index in [1.165, 1.54) is 97.3 Å². The van der Waals surface area contributed by atoms with Crippen LogP contribution in [0.15, 0.2) is 240 Å². The summed E-state index contributed by atoms with van der Waals surface area (Å²) in [6.07, 6.45) is 0. The van der Waals surface area contributed by atoms with Gasteiger partial charge in [-0.15, -0.1) is 0 Å². The van der Waals surface area contributed by atoms with Crippen LogP contribution in [0.3, 0.4) is 0 Å². The van der Waals surface area contributed by atoms with Gasteiger partial charge in [-0.05, 0) is 132 Å². The summed E-state index contributed by atoms with van der Waals surface area (Å²) >= 11 is 1.89. The Hall–Kier alpha value is -7.85. The highest BCUT2D eigenvalue weighted by Gasteiger charge is 2.48. The molecule has 64 heavy (non-hydrogen) atoms. The van der Waals surface area contributed by atoms with Gasteiger partial charge in [0, 0.05) is 43.3 Å². The van der Waals surface area contributed by atoms with E-state index in [0.29, 0.717) is 0 Å². The highest BCUT2D eigenvalue weighted by molar-refractivity contribution is 7.99. The first-order valence-corrected chi connectivity index (χ1v) is 22.9. The molecule has 12 aromatic rings. The third-order valence-corrected chi connectivity index (χ3v) is 15.1. The maximum absolute atomic E-state index is 2.51. The minimum absolute atomic E-state index is 0.556. The lowest BCUT2D eigenvalue weighted by molar-refractivity contribution is 0.707. The Balaban J connectivity index is 1.06. The van der Waals surface area contributed by atoms with Crippen molar-refractivity contribution in [1.82, 2.24) is 4.57 Å². The number of benzene rings is 11. The van der Waals surface area contributed by atoms with Gasteiger partial charge in [-0.2, -0.15) is 0 Å². The Morgan fingerprint density at radius 3 is 1.80 bits per heavy atom. The van der Waals surface area contributed by atoms with Crippen molar-refractivity contribution in [2.24, 2.45) is 0 Å². The van der Waals surface area contributed by atoms with E-state index in [4.69, 9.17) is 0 Å². The van der Waals surface area contributed by atoms with E-state index in [2.05, 4.69) is 240 Å². The second kappa shape index (κ2) is 13.6. The first-order valence-electron chi connectivity index (χ1n) is 22.1. The summed E-state index contributed by atoms with van der Waals surface area (Å²) < 4.78 is 2.45. The highest BCUT2D eigenvalue weighted by atomic mass is 32.2. The molecule has 2 nitrogen and oxygen atoms in total. The fourth-order valence-corrected chi connectivity index (χ4v) is 12.4. The number of aromatic nitrogens is 1. The minimum Gasteiger partial charge on any atom is -0.310 e. The van der Waals surface area contributed by atoms with Gasteiger partial charge in [-0.3, -0.25) is 0 Å². The van der Waals surface area contributed by atoms with Gasteiger partial charge >= 0.3 is 0 Å². The van der Waals surface area contributed by atoms with Crippen molar-refractivity contribution in [2.75, 3.05) is 4.90 Å². The van der Waals surface area contributed by atoms with E-state index in [-0.39, 0.29) is 0 Å². The van der Waals surface area contributed by atoms with Gasteiger partial charge in [-0.1, -0.05) is 176 Å². The van der Waals surface area contributed by atoms with E-state index in [9.17, 15) is 0 Å². The maximum atomic E-state index is 2.51. The molecule has 1 spiro atoms. The molecule has 0 fully saturated rings. The van der Waals surface area contributed by atoms with Crippen molar-refractivity contribution in [2.45, 2.75) is 15.2 Å². The van der Waals surface area contributed by atoms with Crippen LogP contribution in [0.5, 0.6) is 0 Å². The lowest BCUT2D eigenvalue weighted by Crippen LogP contribution is -2.36. The van der Waals surface area contributed by atoms with Gasteiger partial charge in [0.25, 0.3) is 0 Å². The third-order valence-electron chi connectivity index (χ3n) is 14.0. The standard InChI is InChI=1S/C61H38N2S/c1-3-15-42-35-44(29-27-39(42)13-1)62(47-31-33-50-49-20-6-9-25-56(49)63(57(50)38-47)45-30-28-40-14-2-4-16-43(40)36-45)46-32-34-59-55(37-46)61(53-23-8-10-26-58(53)64-59)52-22-7-5-19-48(52)51-21-11-17-41-18-12-24-54(61)60(41)51/h1-38H. The van der Waals surface area contributed by atoms with Crippen molar-refractivity contribution in [3.8, 4) is 16.8 Å². The van der Waals surface area contributed by atoms with Crippen LogP contribution in [0.1, 0.15) is 22.3 Å². The van der Waals surface area contributed by atoms with Crippen LogP contribution in [-0.2, 0) is 5.41 Å². The molecule has 3 heteroatoms. The van der Waals surface area contributed by atoms with E-state index >= 15 is 0 Å². The molecule has 0 saturated heterocycles. The number of hydrogen-bond donors (Lipinski definition) is 0. The van der Waals surface area contributed by atoms with E-state index < -0.39 is 5.41 Å². The number of para-hydroxylation sites is 1. The van der Waals surface area contributed by atoms with E-state index in [1.807, 2.05) is 11.8 Å². The molecule has 1 aromatic heterocycles. The topological polar surface area (TPSA) is 8.17 Å². The Kier molecular flexibility index (Phi) is 7.57. The average molecular weight is 831 g/mol. The molecular weight excluding hydrogens is 793 g/mol. The zero-order valence-electron chi connectivity index (χ0n) is 34.7.